The van der Waals surface area contributed by atoms with Crippen LogP contribution in [0.5, 0.6) is 5.75 Å². The summed E-state index contributed by atoms with van der Waals surface area (Å²) in [5.41, 5.74) is 1.54. The first-order valence-electron chi connectivity index (χ1n) is 6.27. The lowest BCUT2D eigenvalue weighted by atomic mass is 10.1. The third-order valence-corrected chi connectivity index (χ3v) is 2.76. The molecular weight excluding hydrogens is 252 g/mol. The van der Waals surface area contributed by atoms with Crippen LogP contribution in [-0.4, -0.2) is 12.9 Å². The summed E-state index contributed by atoms with van der Waals surface area (Å²) in [6, 6.07) is 10.8. The molecule has 0 N–H and O–H groups in total. The van der Waals surface area contributed by atoms with E-state index in [0.717, 1.165) is 11.3 Å². The molecule has 2 rings (SSSR count). The van der Waals surface area contributed by atoms with E-state index >= 15 is 0 Å². The van der Waals surface area contributed by atoms with Crippen LogP contribution < -0.4 is 4.74 Å². The fraction of sp³-hybridized carbons (Fsp3) is 0.118. The maximum absolute atomic E-state index is 12.0. The molecule has 0 radical (unpaired) electrons. The normalized spacial score (nSPS) is 11.8. The maximum atomic E-state index is 12.0. The fourth-order valence-electron chi connectivity index (χ4n) is 1.73. The molecule has 0 saturated carbocycles. The number of benzene rings is 1. The molecule has 20 heavy (non-hydrogen) atoms. The van der Waals surface area contributed by atoms with Gasteiger partial charge in [-0.25, -0.2) is 0 Å². The standard InChI is InChI=1S/C17H16O3/c1-13(11-16-7-4-10-20-16)8-9-17(18)14-5-3-6-15(12-14)19-2/h3-12H,1-2H3/b9-8+,13-11+. The molecule has 1 aromatic carbocycles. The van der Waals surface area contributed by atoms with Crippen molar-refractivity contribution in [3.63, 3.8) is 0 Å². The maximum Gasteiger partial charge on any atom is 0.185 e. The van der Waals surface area contributed by atoms with Gasteiger partial charge in [-0.05, 0) is 48.9 Å². The second-order valence-corrected chi connectivity index (χ2v) is 4.33. The molecule has 102 valence electrons. The summed E-state index contributed by atoms with van der Waals surface area (Å²) in [4.78, 5) is 12.0. The molecule has 1 heterocycles. The number of hydrogen-bond acceptors (Lipinski definition) is 3. The summed E-state index contributed by atoms with van der Waals surface area (Å²) < 4.78 is 10.3. The van der Waals surface area contributed by atoms with Crippen molar-refractivity contribution >= 4 is 11.9 Å². The van der Waals surface area contributed by atoms with Crippen molar-refractivity contribution in [3.8, 4) is 5.75 Å². The van der Waals surface area contributed by atoms with Gasteiger partial charge in [0.1, 0.15) is 11.5 Å². The Bertz CT molecular complexity index is 634. The molecule has 0 aliphatic rings. The number of ketones is 1. The van der Waals surface area contributed by atoms with Crippen LogP contribution in [0.25, 0.3) is 6.08 Å². The van der Waals surface area contributed by atoms with Crippen molar-refractivity contribution in [1.82, 2.24) is 0 Å². The molecule has 0 atom stereocenters. The summed E-state index contributed by atoms with van der Waals surface area (Å²) in [6.07, 6.45) is 6.80. The topological polar surface area (TPSA) is 39.4 Å². The van der Waals surface area contributed by atoms with Crippen molar-refractivity contribution in [3.05, 3.63) is 71.7 Å². The van der Waals surface area contributed by atoms with Gasteiger partial charge in [-0.1, -0.05) is 18.2 Å². The SMILES string of the molecule is COc1cccc(C(=O)/C=C/C(C)=C/c2ccco2)c1. The van der Waals surface area contributed by atoms with E-state index < -0.39 is 0 Å². The summed E-state index contributed by atoms with van der Waals surface area (Å²) >= 11 is 0. The number of carbonyl (C=O) groups excluding carboxylic acids is 1. The predicted molar refractivity (Wildman–Crippen MR) is 78.8 cm³/mol. The second kappa shape index (κ2) is 6.57. The van der Waals surface area contributed by atoms with Crippen LogP contribution in [0.1, 0.15) is 23.0 Å². The first-order chi connectivity index (χ1) is 9.69. The lowest BCUT2D eigenvalue weighted by molar-refractivity contribution is 0.104. The van der Waals surface area contributed by atoms with Crippen LogP contribution in [0.4, 0.5) is 0 Å². The molecule has 0 bridgehead atoms. The Hall–Kier alpha value is -2.55. The minimum Gasteiger partial charge on any atom is -0.497 e. The monoisotopic (exact) mass is 268 g/mol. The summed E-state index contributed by atoms with van der Waals surface area (Å²) in [5.74, 6) is 1.38. The van der Waals surface area contributed by atoms with Gasteiger partial charge in [0.15, 0.2) is 5.78 Å². The van der Waals surface area contributed by atoms with Crippen molar-refractivity contribution in [2.45, 2.75) is 6.92 Å². The van der Waals surface area contributed by atoms with Crippen molar-refractivity contribution in [1.29, 1.82) is 0 Å². The van der Waals surface area contributed by atoms with Gasteiger partial charge in [-0.15, -0.1) is 0 Å². The molecule has 0 spiro atoms. The quantitative estimate of drug-likeness (QED) is 0.465. The van der Waals surface area contributed by atoms with Gasteiger partial charge < -0.3 is 9.15 Å². The molecule has 0 amide bonds. The first kappa shape index (κ1) is 13.9. The van der Waals surface area contributed by atoms with Crippen molar-refractivity contribution in [2.24, 2.45) is 0 Å². The molecule has 1 aromatic heterocycles. The summed E-state index contributed by atoms with van der Waals surface area (Å²) in [5, 5.41) is 0. The molecule has 3 heteroatoms. The highest BCUT2D eigenvalue weighted by molar-refractivity contribution is 6.05. The highest BCUT2D eigenvalue weighted by Crippen LogP contribution is 2.14. The minimum atomic E-state index is -0.0592. The third kappa shape index (κ3) is 3.72. The molecule has 2 aromatic rings. The average Bonchev–Trinajstić information content (AvgIpc) is 2.97. The zero-order chi connectivity index (χ0) is 14.4. The van der Waals surface area contributed by atoms with Gasteiger partial charge >= 0.3 is 0 Å². The number of rotatable bonds is 5. The smallest absolute Gasteiger partial charge is 0.185 e. The Balaban J connectivity index is 2.08. The molecule has 3 nitrogen and oxygen atoms in total. The van der Waals surface area contributed by atoms with Crippen LogP contribution >= 0.6 is 0 Å². The van der Waals surface area contributed by atoms with Crippen LogP contribution in [0.3, 0.4) is 0 Å². The Morgan fingerprint density at radius 1 is 1.20 bits per heavy atom. The van der Waals surface area contributed by atoms with E-state index in [0.29, 0.717) is 11.3 Å². The van der Waals surface area contributed by atoms with Crippen molar-refractivity contribution < 1.29 is 13.9 Å². The lowest BCUT2D eigenvalue weighted by Crippen LogP contribution is -1.95. The lowest BCUT2D eigenvalue weighted by Gasteiger charge is -2.01. The Labute approximate surface area is 118 Å². The molecule has 0 saturated heterocycles. The highest BCUT2D eigenvalue weighted by atomic mass is 16.5. The Kier molecular flexibility index (Phi) is 4.56. The van der Waals surface area contributed by atoms with Crippen LogP contribution in [0, 0.1) is 0 Å². The van der Waals surface area contributed by atoms with Gasteiger partial charge in [0.2, 0.25) is 0 Å². The fourth-order valence-corrected chi connectivity index (χ4v) is 1.73. The van der Waals surface area contributed by atoms with Crippen LogP contribution in [0.15, 0.2) is 64.8 Å². The molecule has 0 fully saturated rings. The van der Waals surface area contributed by atoms with Gasteiger partial charge in [-0.3, -0.25) is 4.79 Å². The minimum absolute atomic E-state index is 0.0592. The van der Waals surface area contributed by atoms with E-state index in [-0.39, 0.29) is 5.78 Å². The van der Waals surface area contributed by atoms with Crippen LogP contribution in [-0.2, 0) is 0 Å². The van der Waals surface area contributed by atoms with Crippen LogP contribution in [0.2, 0.25) is 0 Å². The second-order valence-electron chi connectivity index (χ2n) is 4.33. The van der Waals surface area contributed by atoms with Gasteiger partial charge in [0.05, 0.1) is 13.4 Å². The van der Waals surface area contributed by atoms with Crippen molar-refractivity contribution in [2.75, 3.05) is 7.11 Å². The number of hydrogen-bond donors (Lipinski definition) is 0. The highest BCUT2D eigenvalue weighted by Gasteiger charge is 2.02. The van der Waals surface area contributed by atoms with Gasteiger partial charge in [-0.2, -0.15) is 0 Å². The van der Waals surface area contributed by atoms with E-state index in [9.17, 15) is 4.79 Å². The largest absolute Gasteiger partial charge is 0.497 e. The average molecular weight is 268 g/mol. The number of furan rings is 1. The van der Waals surface area contributed by atoms with E-state index in [1.54, 1.807) is 43.7 Å². The van der Waals surface area contributed by atoms with Gasteiger partial charge in [0.25, 0.3) is 0 Å². The van der Waals surface area contributed by atoms with E-state index in [1.807, 2.05) is 31.2 Å². The zero-order valence-corrected chi connectivity index (χ0v) is 11.5. The number of carbonyl (C=O) groups is 1. The predicted octanol–water partition coefficient (Wildman–Crippen LogP) is 4.13. The number of ether oxygens (including phenoxy) is 1. The van der Waals surface area contributed by atoms with E-state index in [4.69, 9.17) is 9.15 Å². The zero-order valence-electron chi connectivity index (χ0n) is 11.5. The van der Waals surface area contributed by atoms with E-state index in [1.165, 1.54) is 0 Å². The summed E-state index contributed by atoms with van der Waals surface area (Å²) in [6.45, 7) is 1.91. The number of allylic oxidation sites excluding steroid dienone is 3. The number of methoxy groups -OCH3 is 1. The van der Waals surface area contributed by atoms with Gasteiger partial charge in [0, 0.05) is 5.56 Å². The summed E-state index contributed by atoms with van der Waals surface area (Å²) in [7, 11) is 1.58. The third-order valence-electron chi connectivity index (χ3n) is 2.76. The molecule has 0 aliphatic carbocycles. The molecule has 0 aliphatic heterocycles. The first-order valence-corrected chi connectivity index (χ1v) is 6.27. The molecule has 0 unspecified atom stereocenters. The Morgan fingerprint density at radius 2 is 2.05 bits per heavy atom. The molecular formula is C17H16O3. The van der Waals surface area contributed by atoms with E-state index in [2.05, 4.69) is 0 Å². The Morgan fingerprint density at radius 3 is 2.75 bits per heavy atom.